The topological polar surface area (TPSA) is 110 Å². The number of oxime groups is 1. The predicted octanol–water partition coefficient (Wildman–Crippen LogP) is 2.26. The Bertz CT molecular complexity index is 963. The maximum absolute atomic E-state index is 13.2. The van der Waals surface area contributed by atoms with E-state index in [2.05, 4.69) is 25.0 Å². The van der Waals surface area contributed by atoms with E-state index in [1.807, 2.05) is 24.0 Å². The summed E-state index contributed by atoms with van der Waals surface area (Å²) in [6.45, 7) is 6.15. The molecule has 4 heterocycles. The molecule has 4 rings (SSSR count). The number of piperidine rings is 2. The van der Waals surface area contributed by atoms with E-state index in [0.29, 0.717) is 11.9 Å². The fourth-order valence-electron chi connectivity index (χ4n) is 4.78. The average molecular weight is 452 g/mol. The van der Waals surface area contributed by atoms with Gasteiger partial charge in [0.05, 0.1) is 5.69 Å². The van der Waals surface area contributed by atoms with Crippen molar-refractivity contribution in [3.05, 3.63) is 47.5 Å². The minimum Gasteiger partial charge on any atom is -0.399 e. The van der Waals surface area contributed by atoms with Gasteiger partial charge < -0.3 is 15.5 Å². The third-order valence-corrected chi connectivity index (χ3v) is 6.63. The quantitative estimate of drug-likeness (QED) is 0.530. The summed E-state index contributed by atoms with van der Waals surface area (Å²) in [4.78, 5) is 35.3. The van der Waals surface area contributed by atoms with Crippen LogP contribution in [0.25, 0.3) is 0 Å². The van der Waals surface area contributed by atoms with Crippen molar-refractivity contribution in [1.29, 1.82) is 0 Å². The zero-order chi connectivity index (χ0) is 23.2. The lowest BCUT2D eigenvalue weighted by molar-refractivity contribution is -0.138. The first-order chi connectivity index (χ1) is 16.0. The number of aryl methyl sites for hydroxylation is 1. The van der Waals surface area contributed by atoms with Crippen molar-refractivity contribution >= 4 is 17.6 Å². The van der Waals surface area contributed by atoms with Crippen LogP contribution >= 0.6 is 0 Å². The second-order valence-electron chi connectivity index (χ2n) is 8.98. The molecule has 2 aliphatic heterocycles. The summed E-state index contributed by atoms with van der Waals surface area (Å²) in [5, 5.41) is 4.30. The molecule has 0 spiro atoms. The fraction of sp³-hybridized carbons (Fsp3) is 0.542. The first-order valence-corrected chi connectivity index (χ1v) is 11.6. The van der Waals surface area contributed by atoms with Gasteiger partial charge >= 0.3 is 0 Å². The molecule has 0 bridgehead atoms. The van der Waals surface area contributed by atoms with Crippen LogP contribution in [-0.4, -0.2) is 69.7 Å². The number of pyridine rings is 1. The molecule has 176 valence electrons. The summed E-state index contributed by atoms with van der Waals surface area (Å²) in [5.74, 6) is 0.934. The lowest BCUT2D eigenvalue weighted by Crippen LogP contribution is -2.46. The van der Waals surface area contributed by atoms with Gasteiger partial charge in [0.2, 0.25) is 11.9 Å². The van der Waals surface area contributed by atoms with Crippen molar-refractivity contribution in [2.75, 3.05) is 39.0 Å². The molecule has 0 radical (unpaired) electrons. The molecule has 9 heteroatoms. The van der Waals surface area contributed by atoms with Gasteiger partial charge in [0, 0.05) is 55.6 Å². The highest BCUT2D eigenvalue weighted by molar-refractivity contribution is 6.00. The maximum Gasteiger partial charge on any atom is 0.225 e. The number of hydrogen-bond acceptors (Lipinski definition) is 8. The summed E-state index contributed by atoms with van der Waals surface area (Å²) >= 11 is 0. The molecular weight excluding hydrogens is 418 g/mol. The van der Waals surface area contributed by atoms with E-state index < -0.39 is 0 Å². The van der Waals surface area contributed by atoms with Crippen LogP contribution in [0.1, 0.15) is 42.5 Å². The zero-order valence-electron chi connectivity index (χ0n) is 19.5. The van der Waals surface area contributed by atoms with Crippen LogP contribution in [-0.2, 0) is 16.2 Å². The summed E-state index contributed by atoms with van der Waals surface area (Å²) in [5.41, 5.74) is 9.50. The average Bonchev–Trinajstić information content (AvgIpc) is 2.84. The van der Waals surface area contributed by atoms with Crippen molar-refractivity contribution in [1.82, 2.24) is 24.8 Å². The molecule has 1 amide bonds. The van der Waals surface area contributed by atoms with Crippen molar-refractivity contribution in [2.24, 2.45) is 17.0 Å². The Morgan fingerprint density at radius 1 is 1.09 bits per heavy atom. The first-order valence-electron chi connectivity index (χ1n) is 11.6. The molecule has 2 aliphatic rings. The van der Waals surface area contributed by atoms with Gasteiger partial charge in [-0.1, -0.05) is 5.16 Å². The third kappa shape index (κ3) is 5.84. The number of nitrogens with zero attached hydrogens (tertiary/aromatic N) is 6. The van der Waals surface area contributed by atoms with Crippen molar-refractivity contribution in [3.63, 3.8) is 0 Å². The third-order valence-electron chi connectivity index (χ3n) is 6.63. The largest absolute Gasteiger partial charge is 0.399 e. The van der Waals surface area contributed by atoms with Crippen molar-refractivity contribution in [3.8, 4) is 0 Å². The fourth-order valence-corrected chi connectivity index (χ4v) is 4.78. The van der Waals surface area contributed by atoms with Crippen LogP contribution in [0.4, 0.5) is 5.95 Å². The first kappa shape index (κ1) is 23.1. The van der Waals surface area contributed by atoms with Gasteiger partial charge in [0.15, 0.2) is 0 Å². The number of carbonyl (C=O) groups excluding carboxylic acids is 1. The molecule has 0 atom stereocenters. The van der Waals surface area contributed by atoms with E-state index in [0.717, 1.165) is 80.9 Å². The lowest BCUT2D eigenvalue weighted by Gasteiger charge is -2.37. The van der Waals surface area contributed by atoms with Crippen LogP contribution in [0.3, 0.4) is 0 Å². The lowest BCUT2D eigenvalue weighted by atomic mass is 9.88. The highest BCUT2D eigenvalue weighted by Crippen LogP contribution is 2.26. The Hall–Kier alpha value is -3.07. The number of carbonyl (C=O) groups is 1. The molecule has 9 nitrogen and oxygen atoms in total. The van der Waals surface area contributed by atoms with Gasteiger partial charge in [0.25, 0.3) is 0 Å². The molecular formula is C24H33N7O2. The Labute approximate surface area is 195 Å². The van der Waals surface area contributed by atoms with Gasteiger partial charge in [-0.15, -0.1) is 0 Å². The monoisotopic (exact) mass is 451 g/mol. The van der Waals surface area contributed by atoms with Crippen LogP contribution in [0.2, 0.25) is 0 Å². The Kier molecular flexibility index (Phi) is 7.49. The van der Waals surface area contributed by atoms with Crippen LogP contribution in [0.15, 0.2) is 35.9 Å². The predicted molar refractivity (Wildman–Crippen MR) is 126 cm³/mol. The van der Waals surface area contributed by atoms with E-state index >= 15 is 0 Å². The van der Waals surface area contributed by atoms with Crippen molar-refractivity contribution < 1.29 is 9.63 Å². The van der Waals surface area contributed by atoms with Gasteiger partial charge in [-0.05, 0) is 63.4 Å². The molecule has 2 saturated heterocycles. The standard InChI is InChI=1S/C24H33N7O2/c1-17-3-8-26-21(13-17)22(29-33-2)19-6-11-31(12-7-19)23(32)20-4-9-30(10-5-20)16-18-14-27-24(25)28-15-18/h3,8,13-15,19-20H,4-7,9-12,16H2,1-2H3,(H2,25,27,28)/b29-22-. The minimum absolute atomic E-state index is 0.103. The van der Waals surface area contributed by atoms with Gasteiger partial charge in [-0.25, -0.2) is 9.97 Å². The van der Waals surface area contributed by atoms with E-state index in [1.54, 1.807) is 25.7 Å². The van der Waals surface area contributed by atoms with Crippen molar-refractivity contribution in [2.45, 2.75) is 39.2 Å². The number of anilines is 1. The maximum atomic E-state index is 13.2. The van der Waals surface area contributed by atoms with Crippen LogP contribution in [0, 0.1) is 18.8 Å². The SMILES string of the molecule is CO/N=C(\c1cc(C)ccn1)C1CCN(C(=O)C2CCN(Cc3cnc(N)nc3)CC2)CC1. The summed E-state index contributed by atoms with van der Waals surface area (Å²) < 4.78 is 0. The second-order valence-corrected chi connectivity index (χ2v) is 8.98. The Balaban J connectivity index is 1.28. The number of nitrogen functional groups attached to an aromatic ring is 1. The molecule has 0 aliphatic carbocycles. The molecule has 33 heavy (non-hydrogen) atoms. The van der Waals surface area contributed by atoms with Crippen LogP contribution < -0.4 is 5.73 Å². The second kappa shape index (κ2) is 10.7. The summed E-state index contributed by atoms with van der Waals surface area (Å²) in [7, 11) is 1.57. The molecule has 2 N–H and O–H groups in total. The van der Waals surface area contributed by atoms with E-state index in [4.69, 9.17) is 10.6 Å². The Morgan fingerprint density at radius 2 is 1.76 bits per heavy atom. The zero-order valence-corrected chi connectivity index (χ0v) is 19.5. The van der Waals surface area contributed by atoms with Gasteiger partial charge in [0.1, 0.15) is 12.8 Å². The molecule has 0 unspecified atom stereocenters. The van der Waals surface area contributed by atoms with Crippen LogP contribution in [0.5, 0.6) is 0 Å². The number of aromatic nitrogens is 3. The molecule has 2 aromatic rings. The van der Waals surface area contributed by atoms with E-state index in [1.165, 1.54) is 0 Å². The van der Waals surface area contributed by atoms with Gasteiger partial charge in [-0.3, -0.25) is 14.7 Å². The van der Waals surface area contributed by atoms with E-state index in [9.17, 15) is 4.79 Å². The number of nitrogens with two attached hydrogens (primary N) is 1. The highest BCUT2D eigenvalue weighted by Gasteiger charge is 2.32. The minimum atomic E-state index is 0.103. The normalized spacial score (nSPS) is 19.0. The van der Waals surface area contributed by atoms with E-state index in [-0.39, 0.29) is 11.8 Å². The Morgan fingerprint density at radius 3 is 2.39 bits per heavy atom. The number of rotatable bonds is 6. The molecule has 0 saturated carbocycles. The number of likely N-dealkylation sites (tertiary alicyclic amines) is 2. The molecule has 2 aromatic heterocycles. The number of hydrogen-bond donors (Lipinski definition) is 1. The van der Waals surface area contributed by atoms with Gasteiger partial charge in [-0.2, -0.15) is 0 Å². The number of amides is 1. The molecule has 2 fully saturated rings. The summed E-state index contributed by atoms with van der Waals surface area (Å²) in [6, 6.07) is 4.02. The smallest absolute Gasteiger partial charge is 0.225 e. The summed E-state index contributed by atoms with van der Waals surface area (Å²) in [6.07, 6.45) is 8.88. The highest BCUT2D eigenvalue weighted by atomic mass is 16.6. The molecule has 0 aromatic carbocycles.